The van der Waals surface area contributed by atoms with Gasteiger partial charge in [0, 0.05) is 34.7 Å². The van der Waals surface area contributed by atoms with Crippen LogP contribution in [0.2, 0.25) is 5.02 Å². The Morgan fingerprint density at radius 3 is 2.69 bits per heavy atom. The number of hydrazone groups is 1. The van der Waals surface area contributed by atoms with Crippen molar-refractivity contribution in [1.29, 1.82) is 0 Å². The zero-order valence-electron chi connectivity index (χ0n) is 14.9. The highest BCUT2D eigenvalue weighted by atomic mass is 35.5. The van der Waals surface area contributed by atoms with Crippen LogP contribution in [0.5, 0.6) is 5.75 Å². The first kappa shape index (κ1) is 18.0. The molecule has 0 fully saturated rings. The number of amides is 1. The summed E-state index contributed by atoms with van der Waals surface area (Å²) in [5.74, 6) is 0.282. The molecule has 0 atom stereocenters. The van der Waals surface area contributed by atoms with Gasteiger partial charge in [0.2, 0.25) is 0 Å². The molecule has 0 aliphatic heterocycles. The largest absolute Gasteiger partial charge is 0.484 e. The number of hydrogen-bond donors (Lipinski definition) is 1. The maximum absolute atomic E-state index is 11.9. The lowest BCUT2D eigenvalue weighted by Crippen LogP contribution is -2.24. The number of nitrogens with zero attached hydrogens (tertiary/aromatic N) is 2. The summed E-state index contributed by atoms with van der Waals surface area (Å²) in [6.45, 7) is 3.68. The van der Waals surface area contributed by atoms with Gasteiger partial charge in [-0.3, -0.25) is 4.79 Å². The van der Waals surface area contributed by atoms with E-state index in [-0.39, 0.29) is 12.5 Å². The van der Waals surface area contributed by atoms with Crippen molar-refractivity contribution in [2.45, 2.75) is 13.8 Å². The fourth-order valence-corrected chi connectivity index (χ4v) is 2.93. The van der Waals surface area contributed by atoms with Gasteiger partial charge < -0.3 is 9.30 Å². The number of ether oxygens (including phenoxy) is 1. The lowest BCUT2D eigenvalue weighted by Gasteiger charge is -2.09. The molecule has 3 rings (SSSR count). The molecule has 1 heterocycles. The number of carbonyl (C=O) groups is 1. The summed E-state index contributed by atoms with van der Waals surface area (Å²) in [6.07, 6.45) is 3.60. The predicted octanol–water partition coefficient (Wildman–Crippen LogP) is 3.98. The summed E-state index contributed by atoms with van der Waals surface area (Å²) in [5.41, 5.74) is 6.36. The van der Waals surface area contributed by atoms with Gasteiger partial charge in [-0.05, 0) is 43.2 Å². The zero-order valence-corrected chi connectivity index (χ0v) is 15.7. The van der Waals surface area contributed by atoms with Gasteiger partial charge in [0.25, 0.3) is 5.91 Å². The maximum atomic E-state index is 11.9. The van der Waals surface area contributed by atoms with E-state index in [9.17, 15) is 4.79 Å². The van der Waals surface area contributed by atoms with Gasteiger partial charge in [-0.2, -0.15) is 5.10 Å². The molecule has 0 aliphatic rings. The fraction of sp³-hybridized carbons (Fsp3) is 0.200. The van der Waals surface area contributed by atoms with Crippen molar-refractivity contribution >= 4 is 34.6 Å². The molecule has 134 valence electrons. The van der Waals surface area contributed by atoms with Crippen LogP contribution >= 0.6 is 11.6 Å². The molecule has 3 aromatic rings. The molecular formula is C20H20ClN3O2. The molecule has 6 heteroatoms. The Hall–Kier alpha value is -2.79. The van der Waals surface area contributed by atoms with Gasteiger partial charge in [0.1, 0.15) is 5.75 Å². The van der Waals surface area contributed by atoms with Crippen LogP contribution in [0, 0.1) is 13.8 Å². The molecule has 1 N–H and O–H groups in total. The first-order chi connectivity index (χ1) is 12.5. The molecule has 0 bridgehead atoms. The molecule has 0 saturated heterocycles. The monoisotopic (exact) mass is 369 g/mol. The van der Waals surface area contributed by atoms with Crippen LogP contribution in [0.1, 0.15) is 16.7 Å². The van der Waals surface area contributed by atoms with E-state index in [1.165, 1.54) is 0 Å². The summed E-state index contributed by atoms with van der Waals surface area (Å²) in [5, 5.41) is 5.82. The summed E-state index contributed by atoms with van der Waals surface area (Å²) in [4.78, 5) is 11.9. The minimum absolute atomic E-state index is 0.118. The number of rotatable bonds is 5. The van der Waals surface area contributed by atoms with Gasteiger partial charge in [-0.25, -0.2) is 5.43 Å². The van der Waals surface area contributed by atoms with Crippen LogP contribution in [0.3, 0.4) is 0 Å². The van der Waals surface area contributed by atoms with Crippen molar-refractivity contribution in [2.75, 3.05) is 6.61 Å². The topological polar surface area (TPSA) is 55.6 Å². The Balaban J connectivity index is 1.59. The Labute approximate surface area is 157 Å². The fourth-order valence-electron chi connectivity index (χ4n) is 2.82. The van der Waals surface area contributed by atoms with E-state index >= 15 is 0 Å². The number of halogens is 1. The third-order valence-electron chi connectivity index (χ3n) is 4.10. The highest BCUT2D eigenvalue weighted by Gasteiger charge is 2.07. The van der Waals surface area contributed by atoms with Gasteiger partial charge in [-0.15, -0.1) is 0 Å². The standard InChI is InChI=1S/C20H20ClN3O2/c1-13-8-16(9-14(2)20(13)21)26-12-19(25)23-22-10-15-11-24(3)18-7-5-4-6-17(15)18/h4-11H,12H2,1-3H3,(H,23,25). The minimum atomic E-state index is -0.327. The van der Waals surface area contributed by atoms with Gasteiger partial charge in [-0.1, -0.05) is 29.8 Å². The SMILES string of the molecule is Cc1cc(OCC(=O)NN=Cc2cn(C)c3ccccc23)cc(C)c1Cl. The molecule has 26 heavy (non-hydrogen) atoms. The quantitative estimate of drug-likeness (QED) is 0.546. The van der Waals surface area contributed by atoms with E-state index in [2.05, 4.69) is 10.5 Å². The molecule has 0 radical (unpaired) electrons. The Morgan fingerprint density at radius 1 is 1.27 bits per heavy atom. The minimum Gasteiger partial charge on any atom is -0.484 e. The van der Waals surface area contributed by atoms with Gasteiger partial charge in [0.15, 0.2) is 6.61 Å². The van der Waals surface area contributed by atoms with Crippen molar-refractivity contribution in [3.63, 3.8) is 0 Å². The molecule has 1 amide bonds. The number of nitrogens with one attached hydrogen (secondary N) is 1. The number of carbonyl (C=O) groups excluding carboxylic acids is 1. The van der Waals surface area contributed by atoms with Crippen molar-refractivity contribution in [2.24, 2.45) is 12.1 Å². The molecule has 5 nitrogen and oxygen atoms in total. The first-order valence-corrected chi connectivity index (χ1v) is 8.59. The number of benzene rings is 2. The molecule has 0 unspecified atom stereocenters. The van der Waals surface area contributed by atoms with Crippen LogP contribution in [0.4, 0.5) is 0 Å². The van der Waals surface area contributed by atoms with Crippen molar-refractivity contribution < 1.29 is 9.53 Å². The smallest absolute Gasteiger partial charge is 0.277 e. The summed E-state index contributed by atoms with van der Waals surface area (Å²) in [6, 6.07) is 11.6. The molecule has 0 spiro atoms. The molecule has 0 aliphatic carbocycles. The number of aryl methyl sites for hydroxylation is 3. The van der Waals surface area contributed by atoms with E-state index in [1.54, 1.807) is 6.21 Å². The van der Waals surface area contributed by atoms with Crippen LogP contribution in [-0.2, 0) is 11.8 Å². The average molecular weight is 370 g/mol. The van der Waals surface area contributed by atoms with E-state index in [0.29, 0.717) is 10.8 Å². The van der Waals surface area contributed by atoms with E-state index in [1.807, 2.05) is 68.1 Å². The lowest BCUT2D eigenvalue weighted by atomic mass is 10.1. The third kappa shape index (κ3) is 3.89. The van der Waals surface area contributed by atoms with Crippen LogP contribution in [0.15, 0.2) is 47.7 Å². The molecule has 1 aromatic heterocycles. The summed E-state index contributed by atoms with van der Waals surface area (Å²) >= 11 is 6.13. The highest BCUT2D eigenvalue weighted by molar-refractivity contribution is 6.32. The van der Waals surface area contributed by atoms with Gasteiger partial charge in [0.05, 0.1) is 6.21 Å². The number of hydrogen-bond acceptors (Lipinski definition) is 3. The second-order valence-corrected chi connectivity index (χ2v) is 6.54. The van der Waals surface area contributed by atoms with Crippen LogP contribution in [0.25, 0.3) is 10.9 Å². The third-order valence-corrected chi connectivity index (χ3v) is 4.70. The Kier molecular flexibility index (Phi) is 5.28. The van der Waals surface area contributed by atoms with Crippen LogP contribution in [-0.4, -0.2) is 23.3 Å². The predicted molar refractivity (Wildman–Crippen MR) is 105 cm³/mol. The average Bonchev–Trinajstić information content (AvgIpc) is 2.94. The Bertz CT molecular complexity index is 969. The van der Waals surface area contributed by atoms with E-state index in [4.69, 9.17) is 16.3 Å². The molecule has 0 saturated carbocycles. The molecule has 2 aromatic carbocycles. The lowest BCUT2D eigenvalue weighted by molar-refractivity contribution is -0.123. The number of para-hydroxylation sites is 1. The highest BCUT2D eigenvalue weighted by Crippen LogP contribution is 2.25. The van der Waals surface area contributed by atoms with Crippen molar-refractivity contribution in [3.05, 3.63) is 64.3 Å². The zero-order chi connectivity index (χ0) is 18.7. The van der Waals surface area contributed by atoms with Crippen LogP contribution < -0.4 is 10.2 Å². The van der Waals surface area contributed by atoms with E-state index in [0.717, 1.165) is 27.6 Å². The Morgan fingerprint density at radius 2 is 1.96 bits per heavy atom. The normalized spacial score (nSPS) is 11.2. The van der Waals surface area contributed by atoms with Gasteiger partial charge >= 0.3 is 0 Å². The number of aromatic nitrogens is 1. The van der Waals surface area contributed by atoms with Crippen molar-refractivity contribution in [3.8, 4) is 5.75 Å². The summed E-state index contributed by atoms with van der Waals surface area (Å²) in [7, 11) is 1.97. The first-order valence-electron chi connectivity index (χ1n) is 8.21. The molecular weight excluding hydrogens is 350 g/mol. The van der Waals surface area contributed by atoms with E-state index < -0.39 is 0 Å². The second kappa shape index (κ2) is 7.62. The summed E-state index contributed by atoms with van der Waals surface area (Å²) < 4.78 is 7.53. The van der Waals surface area contributed by atoms with Crippen molar-refractivity contribution in [1.82, 2.24) is 9.99 Å². The maximum Gasteiger partial charge on any atom is 0.277 e. The second-order valence-electron chi connectivity index (χ2n) is 6.17. The number of fused-ring (bicyclic) bond motifs is 1.